The Kier molecular flexibility index (Phi) is 6.67. The second-order valence-electron chi connectivity index (χ2n) is 4.14. The summed E-state index contributed by atoms with van der Waals surface area (Å²) in [5.41, 5.74) is 5.58. The van der Waals surface area contributed by atoms with Crippen LogP contribution in [0.15, 0.2) is 0 Å². The van der Waals surface area contributed by atoms with Crippen molar-refractivity contribution in [3.8, 4) is 0 Å². The lowest BCUT2D eigenvalue weighted by molar-refractivity contribution is -0.138. The van der Waals surface area contributed by atoms with E-state index in [2.05, 4.69) is 15.5 Å². The molecule has 0 radical (unpaired) electrons. The van der Waals surface area contributed by atoms with Gasteiger partial charge in [-0.1, -0.05) is 25.2 Å². The largest absolute Gasteiger partial charge is 0.445 e. The van der Waals surface area contributed by atoms with E-state index in [9.17, 15) is 18.0 Å². The average Bonchev–Trinajstić information content (AvgIpc) is 2.64. The van der Waals surface area contributed by atoms with Crippen LogP contribution < -0.4 is 11.1 Å². The number of aromatic nitrogens is 2. The van der Waals surface area contributed by atoms with Crippen LogP contribution in [0.1, 0.15) is 25.3 Å². The number of rotatable bonds is 4. The lowest BCUT2D eigenvalue weighted by Gasteiger charge is -2.12. The van der Waals surface area contributed by atoms with Crippen molar-refractivity contribution in [1.29, 1.82) is 0 Å². The Hall–Kier alpha value is -0.930. The molecule has 1 rings (SSSR count). The molecule has 1 amide bonds. The molecule has 0 unspecified atom stereocenters. The van der Waals surface area contributed by atoms with Crippen molar-refractivity contribution >= 4 is 34.8 Å². The Bertz CT molecular complexity index is 424. The molecular formula is C9H14ClF3N4OS. The standard InChI is InChI=1S/C9H13F3N4OS.ClH/c1-4(2)3-5(13)6(17)14-8-16-15-7(18-8)9(10,11)12;/h4-5H,3,13H2,1-2H3,(H,14,16,17);1H/t5-;/m0./s1. The van der Waals surface area contributed by atoms with Crippen LogP contribution in [0.5, 0.6) is 0 Å². The van der Waals surface area contributed by atoms with Crippen LogP contribution in [0.4, 0.5) is 18.3 Å². The second-order valence-corrected chi connectivity index (χ2v) is 5.11. The van der Waals surface area contributed by atoms with Gasteiger partial charge in [0.05, 0.1) is 6.04 Å². The quantitative estimate of drug-likeness (QED) is 0.892. The first kappa shape index (κ1) is 18.1. The van der Waals surface area contributed by atoms with Crippen molar-refractivity contribution in [2.24, 2.45) is 11.7 Å². The van der Waals surface area contributed by atoms with Crippen LogP contribution >= 0.6 is 23.7 Å². The van der Waals surface area contributed by atoms with E-state index >= 15 is 0 Å². The lowest BCUT2D eigenvalue weighted by atomic mass is 10.0. The molecule has 1 heterocycles. The number of nitrogens with one attached hydrogen (secondary N) is 1. The van der Waals surface area contributed by atoms with Gasteiger partial charge in [-0.15, -0.1) is 22.6 Å². The van der Waals surface area contributed by atoms with Gasteiger partial charge >= 0.3 is 6.18 Å². The minimum absolute atomic E-state index is 0. The smallest absolute Gasteiger partial charge is 0.320 e. The van der Waals surface area contributed by atoms with Gasteiger partial charge in [0.25, 0.3) is 0 Å². The van der Waals surface area contributed by atoms with Crippen LogP contribution in [0.3, 0.4) is 0 Å². The first-order valence-corrected chi connectivity index (χ1v) is 5.99. The van der Waals surface area contributed by atoms with Crippen LogP contribution in [-0.4, -0.2) is 22.1 Å². The van der Waals surface area contributed by atoms with Gasteiger partial charge in [0, 0.05) is 0 Å². The predicted molar refractivity (Wildman–Crippen MR) is 68.2 cm³/mol. The van der Waals surface area contributed by atoms with Crippen molar-refractivity contribution in [3.63, 3.8) is 0 Å². The molecule has 1 atom stereocenters. The van der Waals surface area contributed by atoms with Crippen LogP contribution in [0.2, 0.25) is 0 Å². The first-order chi connectivity index (χ1) is 8.20. The number of anilines is 1. The highest BCUT2D eigenvalue weighted by molar-refractivity contribution is 7.15. The summed E-state index contributed by atoms with van der Waals surface area (Å²) in [6.45, 7) is 3.78. The Morgan fingerprint density at radius 1 is 1.42 bits per heavy atom. The average molecular weight is 319 g/mol. The fraction of sp³-hybridized carbons (Fsp3) is 0.667. The van der Waals surface area contributed by atoms with Gasteiger partial charge < -0.3 is 5.73 Å². The molecule has 0 spiro atoms. The van der Waals surface area contributed by atoms with E-state index in [-0.39, 0.29) is 34.8 Å². The molecule has 0 saturated carbocycles. The van der Waals surface area contributed by atoms with Crippen LogP contribution in [0.25, 0.3) is 0 Å². The molecule has 0 bridgehead atoms. The van der Waals surface area contributed by atoms with Crippen molar-refractivity contribution < 1.29 is 18.0 Å². The van der Waals surface area contributed by atoms with Crippen molar-refractivity contribution in [1.82, 2.24) is 10.2 Å². The van der Waals surface area contributed by atoms with E-state index < -0.39 is 23.1 Å². The Labute approximate surface area is 118 Å². The monoisotopic (exact) mass is 318 g/mol. The van der Waals surface area contributed by atoms with E-state index in [0.29, 0.717) is 6.42 Å². The second kappa shape index (κ2) is 7.01. The Morgan fingerprint density at radius 3 is 2.42 bits per heavy atom. The molecule has 0 aromatic carbocycles. The number of carbonyl (C=O) groups is 1. The van der Waals surface area contributed by atoms with E-state index in [1.165, 1.54) is 0 Å². The van der Waals surface area contributed by atoms with E-state index in [4.69, 9.17) is 5.73 Å². The van der Waals surface area contributed by atoms with Crippen molar-refractivity contribution in [2.45, 2.75) is 32.5 Å². The van der Waals surface area contributed by atoms with Gasteiger partial charge in [0.2, 0.25) is 16.0 Å². The summed E-state index contributed by atoms with van der Waals surface area (Å²) >= 11 is 0.270. The SMILES string of the molecule is CC(C)C[C@H](N)C(=O)Nc1nnc(C(F)(F)F)s1.Cl. The van der Waals surface area contributed by atoms with Gasteiger partial charge in [-0.25, -0.2) is 0 Å². The summed E-state index contributed by atoms with van der Waals surface area (Å²) in [7, 11) is 0. The predicted octanol–water partition coefficient (Wildman–Crippen LogP) is 2.29. The van der Waals surface area contributed by atoms with E-state index in [1.807, 2.05) is 13.8 Å². The molecule has 10 heteroatoms. The van der Waals surface area contributed by atoms with Gasteiger partial charge in [-0.05, 0) is 12.3 Å². The zero-order valence-electron chi connectivity index (χ0n) is 10.2. The summed E-state index contributed by atoms with van der Waals surface area (Å²) < 4.78 is 36.7. The summed E-state index contributed by atoms with van der Waals surface area (Å²) in [5.74, 6) is -0.348. The molecule has 110 valence electrons. The fourth-order valence-corrected chi connectivity index (χ4v) is 1.82. The Balaban J connectivity index is 0.00000324. The number of amides is 1. The Morgan fingerprint density at radius 2 is 2.00 bits per heavy atom. The van der Waals surface area contributed by atoms with E-state index in [0.717, 1.165) is 0 Å². The number of nitrogens with two attached hydrogens (primary N) is 1. The van der Waals surface area contributed by atoms with Gasteiger partial charge in [0.15, 0.2) is 0 Å². The van der Waals surface area contributed by atoms with Crippen LogP contribution in [-0.2, 0) is 11.0 Å². The summed E-state index contributed by atoms with van der Waals surface area (Å²) in [6, 6.07) is -0.775. The molecule has 1 aromatic heterocycles. The third-order valence-electron chi connectivity index (χ3n) is 1.96. The minimum Gasteiger partial charge on any atom is -0.320 e. The van der Waals surface area contributed by atoms with Crippen LogP contribution in [0, 0.1) is 5.92 Å². The molecule has 0 aliphatic rings. The minimum atomic E-state index is -4.55. The van der Waals surface area contributed by atoms with Crippen molar-refractivity contribution in [2.75, 3.05) is 5.32 Å². The summed E-state index contributed by atoms with van der Waals surface area (Å²) in [5, 5.41) is 7.11. The number of hydrogen-bond acceptors (Lipinski definition) is 5. The van der Waals surface area contributed by atoms with Gasteiger partial charge in [-0.2, -0.15) is 13.2 Å². The molecule has 0 aliphatic carbocycles. The molecule has 19 heavy (non-hydrogen) atoms. The normalized spacial score (nSPS) is 13.0. The number of halogens is 4. The zero-order valence-corrected chi connectivity index (χ0v) is 11.8. The fourth-order valence-electron chi connectivity index (χ4n) is 1.20. The number of nitrogens with zero attached hydrogens (tertiary/aromatic N) is 2. The molecule has 0 fully saturated rings. The maximum Gasteiger partial charge on any atom is 0.445 e. The number of carbonyl (C=O) groups excluding carboxylic acids is 1. The maximum absolute atomic E-state index is 12.2. The highest BCUT2D eigenvalue weighted by Crippen LogP contribution is 2.32. The summed E-state index contributed by atoms with van der Waals surface area (Å²) in [4.78, 5) is 11.5. The van der Waals surface area contributed by atoms with E-state index in [1.54, 1.807) is 0 Å². The highest BCUT2D eigenvalue weighted by Gasteiger charge is 2.35. The summed E-state index contributed by atoms with van der Waals surface area (Å²) in [6.07, 6.45) is -4.11. The molecule has 1 aromatic rings. The highest BCUT2D eigenvalue weighted by atomic mass is 35.5. The first-order valence-electron chi connectivity index (χ1n) is 5.17. The topological polar surface area (TPSA) is 80.9 Å². The van der Waals surface area contributed by atoms with Crippen molar-refractivity contribution in [3.05, 3.63) is 5.01 Å². The third kappa shape index (κ3) is 5.70. The zero-order chi connectivity index (χ0) is 13.9. The van der Waals surface area contributed by atoms with Gasteiger partial charge in [-0.3, -0.25) is 10.1 Å². The lowest BCUT2D eigenvalue weighted by Crippen LogP contribution is -2.36. The molecular weight excluding hydrogens is 305 g/mol. The third-order valence-corrected chi connectivity index (χ3v) is 2.84. The molecule has 3 N–H and O–H groups in total. The molecule has 0 saturated heterocycles. The number of alkyl halides is 3. The number of hydrogen-bond donors (Lipinski definition) is 2. The van der Waals surface area contributed by atoms with Gasteiger partial charge in [0.1, 0.15) is 0 Å². The molecule has 5 nitrogen and oxygen atoms in total. The maximum atomic E-state index is 12.2. The molecule has 0 aliphatic heterocycles.